The van der Waals surface area contributed by atoms with Gasteiger partial charge in [-0.25, -0.2) is 18.6 Å². The van der Waals surface area contributed by atoms with E-state index in [2.05, 4.69) is 16.9 Å². The van der Waals surface area contributed by atoms with Gasteiger partial charge in [-0.1, -0.05) is 23.9 Å². The number of amidine groups is 1. The van der Waals surface area contributed by atoms with E-state index >= 15 is 0 Å². The zero-order chi connectivity index (χ0) is 22.5. The van der Waals surface area contributed by atoms with Gasteiger partial charge in [-0.15, -0.1) is 6.58 Å². The fourth-order valence-corrected chi connectivity index (χ4v) is 3.94. The van der Waals surface area contributed by atoms with E-state index in [1.807, 2.05) is 0 Å². The van der Waals surface area contributed by atoms with Crippen LogP contribution in [-0.4, -0.2) is 44.8 Å². The van der Waals surface area contributed by atoms with Crippen molar-refractivity contribution >= 4 is 46.1 Å². The van der Waals surface area contributed by atoms with Gasteiger partial charge in [-0.2, -0.15) is 0 Å². The van der Waals surface area contributed by atoms with Gasteiger partial charge in [-0.3, -0.25) is 14.5 Å². The van der Waals surface area contributed by atoms with Crippen LogP contribution in [-0.2, 0) is 9.59 Å². The summed E-state index contributed by atoms with van der Waals surface area (Å²) in [5, 5.41) is 10.8. The van der Waals surface area contributed by atoms with Gasteiger partial charge in [-0.05, 0) is 36.4 Å². The number of carboxylic acid groups (broad SMARTS) is 1. The lowest BCUT2D eigenvalue weighted by Gasteiger charge is -2.14. The van der Waals surface area contributed by atoms with E-state index in [4.69, 9.17) is 5.11 Å². The minimum absolute atomic E-state index is 0.0741. The Labute approximate surface area is 180 Å². The average molecular weight is 445 g/mol. The van der Waals surface area contributed by atoms with Gasteiger partial charge in [0, 0.05) is 18.7 Å². The number of aliphatic imine (C=N–C) groups is 1. The molecule has 2 N–H and O–H groups in total. The number of benzene rings is 2. The predicted octanol–water partition coefficient (Wildman–Crippen LogP) is 3.81. The third kappa shape index (κ3) is 5.15. The van der Waals surface area contributed by atoms with Gasteiger partial charge in [0.1, 0.15) is 10.9 Å². The summed E-state index contributed by atoms with van der Waals surface area (Å²) in [6, 6.07) is 9.11. The number of carboxylic acids is 1. The van der Waals surface area contributed by atoms with E-state index in [1.165, 1.54) is 47.4 Å². The Morgan fingerprint density at radius 2 is 1.94 bits per heavy atom. The lowest BCUT2D eigenvalue weighted by atomic mass is 10.2. The average Bonchev–Trinajstić information content (AvgIpc) is 3.01. The van der Waals surface area contributed by atoms with Crippen LogP contribution in [0.25, 0.3) is 0 Å². The standard InChI is InChI=1S/C21H17F2N3O4S/c1-2-10-26-19(28)16(31-21(26)25-15-5-3-4-14(22)18(15)23)11-17(27)24-13-8-6-12(7-9-13)20(29)30/h2-9,16H,1,10-11H2,(H,24,27)(H,29,30). The van der Waals surface area contributed by atoms with Crippen LogP contribution in [0.15, 0.2) is 60.1 Å². The van der Waals surface area contributed by atoms with Gasteiger partial charge in [0.2, 0.25) is 11.8 Å². The number of thioether (sulfide) groups is 1. The van der Waals surface area contributed by atoms with Crippen LogP contribution in [0.1, 0.15) is 16.8 Å². The van der Waals surface area contributed by atoms with Crippen LogP contribution in [0.4, 0.5) is 20.2 Å². The molecule has 0 aliphatic carbocycles. The number of rotatable bonds is 7. The zero-order valence-corrected chi connectivity index (χ0v) is 16.9. The van der Waals surface area contributed by atoms with E-state index in [-0.39, 0.29) is 29.4 Å². The van der Waals surface area contributed by atoms with E-state index in [1.54, 1.807) is 0 Å². The van der Waals surface area contributed by atoms with E-state index in [0.717, 1.165) is 17.8 Å². The highest BCUT2D eigenvalue weighted by molar-refractivity contribution is 8.15. The lowest BCUT2D eigenvalue weighted by molar-refractivity contribution is -0.127. The molecular formula is C21H17F2N3O4S. The van der Waals surface area contributed by atoms with Gasteiger partial charge in [0.15, 0.2) is 16.8 Å². The highest BCUT2D eigenvalue weighted by Gasteiger charge is 2.38. The fourth-order valence-electron chi connectivity index (χ4n) is 2.78. The molecule has 1 heterocycles. The Bertz CT molecular complexity index is 1070. The zero-order valence-electron chi connectivity index (χ0n) is 16.0. The second-order valence-electron chi connectivity index (χ2n) is 6.45. The van der Waals surface area contributed by atoms with Gasteiger partial charge in [0.05, 0.1) is 5.56 Å². The topological polar surface area (TPSA) is 99.1 Å². The summed E-state index contributed by atoms with van der Waals surface area (Å²) in [6.07, 6.45) is 1.27. The van der Waals surface area contributed by atoms with Crippen molar-refractivity contribution in [2.75, 3.05) is 11.9 Å². The maximum absolute atomic E-state index is 14.0. The van der Waals surface area contributed by atoms with Crippen LogP contribution in [0.3, 0.4) is 0 Å². The Balaban J connectivity index is 1.74. The third-order valence-electron chi connectivity index (χ3n) is 4.27. The molecule has 0 aromatic heterocycles. The number of hydrogen-bond donors (Lipinski definition) is 2. The SMILES string of the molecule is C=CCN1C(=O)C(CC(=O)Nc2ccc(C(=O)O)cc2)SC1=Nc1cccc(F)c1F. The molecule has 2 aromatic carbocycles. The summed E-state index contributed by atoms with van der Waals surface area (Å²) in [4.78, 5) is 41.3. The molecule has 0 spiro atoms. The summed E-state index contributed by atoms with van der Waals surface area (Å²) in [5.41, 5.74) is 0.196. The molecule has 7 nitrogen and oxygen atoms in total. The lowest BCUT2D eigenvalue weighted by Crippen LogP contribution is -2.33. The van der Waals surface area contributed by atoms with E-state index < -0.39 is 34.7 Å². The molecule has 1 unspecified atom stereocenters. The molecule has 31 heavy (non-hydrogen) atoms. The number of nitrogens with one attached hydrogen (secondary N) is 1. The Hall–Kier alpha value is -3.53. The summed E-state index contributed by atoms with van der Waals surface area (Å²) >= 11 is 0.972. The summed E-state index contributed by atoms with van der Waals surface area (Å²) in [5.74, 6) is -4.15. The Morgan fingerprint density at radius 1 is 1.23 bits per heavy atom. The number of halogens is 2. The number of carbonyl (C=O) groups is 3. The van der Waals surface area contributed by atoms with Gasteiger partial charge < -0.3 is 10.4 Å². The molecule has 10 heteroatoms. The Kier molecular flexibility index (Phi) is 6.81. The van der Waals surface area contributed by atoms with Gasteiger partial charge in [0.25, 0.3) is 0 Å². The third-order valence-corrected chi connectivity index (χ3v) is 5.44. The van der Waals surface area contributed by atoms with Crippen LogP contribution in [0.2, 0.25) is 0 Å². The van der Waals surface area contributed by atoms with Crippen molar-refractivity contribution in [1.82, 2.24) is 4.90 Å². The van der Waals surface area contributed by atoms with Crippen LogP contribution in [0, 0.1) is 11.6 Å². The molecule has 3 rings (SSSR count). The smallest absolute Gasteiger partial charge is 0.335 e. The van der Waals surface area contributed by atoms with Crippen molar-refractivity contribution in [1.29, 1.82) is 0 Å². The molecule has 0 radical (unpaired) electrons. The second-order valence-corrected chi connectivity index (χ2v) is 7.62. The van der Waals surface area contributed by atoms with E-state index in [9.17, 15) is 23.2 Å². The molecule has 1 atom stereocenters. The molecule has 1 aliphatic rings. The molecule has 1 aliphatic heterocycles. The first-order valence-corrected chi connectivity index (χ1v) is 9.93. The minimum Gasteiger partial charge on any atom is -0.478 e. The van der Waals surface area contributed by atoms with E-state index in [0.29, 0.717) is 5.69 Å². The number of amides is 2. The number of carbonyl (C=O) groups excluding carboxylic acids is 2. The number of aromatic carboxylic acids is 1. The highest BCUT2D eigenvalue weighted by atomic mass is 32.2. The normalized spacial score (nSPS) is 17.1. The van der Waals surface area contributed by atoms with Crippen LogP contribution >= 0.6 is 11.8 Å². The number of hydrogen-bond acceptors (Lipinski definition) is 5. The molecule has 1 saturated heterocycles. The summed E-state index contributed by atoms with van der Waals surface area (Å²) in [6.45, 7) is 3.67. The fraction of sp³-hybridized carbons (Fsp3) is 0.143. The first-order chi connectivity index (χ1) is 14.8. The minimum atomic E-state index is -1.13. The predicted molar refractivity (Wildman–Crippen MR) is 113 cm³/mol. The summed E-state index contributed by atoms with van der Waals surface area (Å²) in [7, 11) is 0. The maximum atomic E-state index is 14.0. The van der Waals surface area contributed by atoms with Crippen molar-refractivity contribution in [2.24, 2.45) is 4.99 Å². The molecular weight excluding hydrogens is 428 g/mol. The summed E-state index contributed by atoms with van der Waals surface area (Å²) < 4.78 is 27.4. The van der Waals surface area contributed by atoms with Crippen molar-refractivity contribution in [3.63, 3.8) is 0 Å². The van der Waals surface area contributed by atoms with Crippen molar-refractivity contribution in [2.45, 2.75) is 11.7 Å². The maximum Gasteiger partial charge on any atom is 0.335 e. The van der Waals surface area contributed by atoms with Crippen LogP contribution in [0.5, 0.6) is 0 Å². The molecule has 160 valence electrons. The Morgan fingerprint density at radius 3 is 2.58 bits per heavy atom. The monoisotopic (exact) mass is 445 g/mol. The molecule has 1 fully saturated rings. The first kappa shape index (κ1) is 22.2. The largest absolute Gasteiger partial charge is 0.478 e. The molecule has 2 amide bonds. The van der Waals surface area contributed by atoms with Crippen LogP contribution < -0.4 is 5.32 Å². The van der Waals surface area contributed by atoms with Crippen molar-refractivity contribution in [3.05, 3.63) is 72.3 Å². The van der Waals surface area contributed by atoms with Crippen molar-refractivity contribution in [3.8, 4) is 0 Å². The molecule has 0 saturated carbocycles. The quantitative estimate of drug-likeness (QED) is 0.632. The highest BCUT2D eigenvalue weighted by Crippen LogP contribution is 2.32. The number of anilines is 1. The van der Waals surface area contributed by atoms with Crippen molar-refractivity contribution < 1.29 is 28.3 Å². The molecule has 2 aromatic rings. The number of nitrogens with zero attached hydrogens (tertiary/aromatic N) is 2. The second kappa shape index (κ2) is 9.52. The molecule has 0 bridgehead atoms. The first-order valence-electron chi connectivity index (χ1n) is 9.05. The van der Waals surface area contributed by atoms with Gasteiger partial charge >= 0.3 is 5.97 Å².